The molecule has 0 spiro atoms. The van der Waals surface area contributed by atoms with E-state index in [1.165, 1.54) is 37.9 Å². The Morgan fingerprint density at radius 2 is 2.17 bits per heavy atom. The highest BCUT2D eigenvalue weighted by atomic mass is 35.5. The molecule has 0 radical (unpaired) electrons. The van der Waals surface area contributed by atoms with Crippen molar-refractivity contribution in [3.05, 3.63) is 29.0 Å². The zero-order chi connectivity index (χ0) is 12.8. The first-order valence-electron chi connectivity index (χ1n) is 6.75. The van der Waals surface area contributed by atoms with E-state index in [1.807, 2.05) is 19.3 Å². The zero-order valence-corrected chi connectivity index (χ0v) is 11.8. The maximum atomic E-state index is 5.79. The second-order valence-corrected chi connectivity index (χ2v) is 5.49. The summed E-state index contributed by atoms with van der Waals surface area (Å²) in [6.45, 7) is 4.56. The summed E-state index contributed by atoms with van der Waals surface area (Å²) < 4.78 is 0. The molecule has 1 aliphatic rings. The molecule has 1 fully saturated rings. The molecule has 0 aliphatic carbocycles. The van der Waals surface area contributed by atoms with Gasteiger partial charge in [-0.05, 0) is 63.5 Å². The Bertz CT molecular complexity index is 345. The number of rotatable bonds is 5. The fourth-order valence-corrected chi connectivity index (χ4v) is 2.65. The Labute approximate surface area is 115 Å². The van der Waals surface area contributed by atoms with Crippen molar-refractivity contribution in [2.45, 2.75) is 25.8 Å². The summed E-state index contributed by atoms with van der Waals surface area (Å²) >= 11 is 5.79. The summed E-state index contributed by atoms with van der Waals surface area (Å²) in [4.78, 5) is 6.65. The second-order valence-electron chi connectivity index (χ2n) is 5.10. The number of halogens is 1. The topological polar surface area (TPSA) is 28.2 Å². The van der Waals surface area contributed by atoms with Crippen molar-refractivity contribution in [2.75, 3.05) is 26.7 Å². The average Bonchev–Trinajstić information content (AvgIpc) is 2.41. The van der Waals surface area contributed by atoms with Crippen molar-refractivity contribution in [1.82, 2.24) is 15.2 Å². The van der Waals surface area contributed by atoms with E-state index in [4.69, 9.17) is 11.6 Å². The van der Waals surface area contributed by atoms with Crippen molar-refractivity contribution in [1.29, 1.82) is 0 Å². The SMILES string of the molecule is CNCCC1CCN(Cc2ccc(Cl)nc2)CC1. The number of pyridine rings is 1. The summed E-state index contributed by atoms with van der Waals surface area (Å²) in [5.41, 5.74) is 1.26. The maximum Gasteiger partial charge on any atom is 0.129 e. The minimum Gasteiger partial charge on any atom is -0.320 e. The van der Waals surface area contributed by atoms with Crippen LogP contribution in [0, 0.1) is 5.92 Å². The van der Waals surface area contributed by atoms with E-state index >= 15 is 0 Å². The van der Waals surface area contributed by atoms with Crippen LogP contribution in [0.15, 0.2) is 18.3 Å². The van der Waals surface area contributed by atoms with E-state index in [9.17, 15) is 0 Å². The molecule has 0 saturated carbocycles. The van der Waals surface area contributed by atoms with Gasteiger partial charge >= 0.3 is 0 Å². The normalized spacial score (nSPS) is 18.1. The predicted molar refractivity (Wildman–Crippen MR) is 75.8 cm³/mol. The smallest absolute Gasteiger partial charge is 0.129 e. The minimum absolute atomic E-state index is 0.574. The molecule has 1 aromatic rings. The quantitative estimate of drug-likeness (QED) is 0.831. The molecular formula is C14H22ClN3. The largest absolute Gasteiger partial charge is 0.320 e. The molecule has 0 unspecified atom stereocenters. The summed E-state index contributed by atoms with van der Waals surface area (Å²) in [5.74, 6) is 0.900. The van der Waals surface area contributed by atoms with E-state index in [-0.39, 0.29) is 0 Å². The van der Waals surface area contributed by atoms with Crippen LogP contribution in [0.3, 0.4) is 0 Å². The van der Waals surface area contributed by atoms with Gasteiger partial charge in [0.25, 0.3) is 0 Å². The van der Waals surface area contributed by atoms with Crippen LogP contribution in [0.5, 0.6) is 0 Å². The van der Waals surface area contributed by atoms with Crippen molar-refractivity contribution >= 4 is 11.6 Å². The Kier molecular flexibility index (Phi) is 5.42. The lowest BCUT2D eigenvalue weighted by Crippen LogP contribution is -2.34. The summed E-state index contributed by atoms with van der Waals surface area (Å²) in [6.07, 6.45) is 5.84. The number of aromatic nitrogens is 1. The van der Waals surface area contributed by atoms with Crippen LogP contribution >= 0.6 is 11.6 Å². The Hall–Kier alpha value is -0.640. The van der Waals surface area contributed by atoms with Gasteiger partial charge in [0.05, 0.1) is 0 Å². The molecule has 3 nitrogen and oxygen atoms in total. The molecule has 1 aliphatic heterocycles. The van der Waals surface area contributed by atoms with E-state index < -0.39 is 0 Å². The number of hydrogen-bond donors (Lipinski definition) is 1. The lowest BCUT2D eigenvalue weighted by atomic mass is 9.93. The molecular weight excluding hydrogens is 246 g/mol. The first-order valence-corrected chi connectivity index (χ1v) is 7.13. The van der Waals surface area contributed by atoms with Gasteiger partial charge in [-0.2, -0.15) is 0 Å². The Balaban J connectivity index is 1.74. The van der Waals surface area contributed by atoms with Gasteiger partial charge in [-0.1, -0.05) is 17.7 Å². The number of likely N-dealkylation sites (tertiary alicyclic amines) is 1. The van der Waals surface area contributed by atoms with E-state index in [0.717, 1.165) is 19.0 Å². The molecule has 1 saturated heterocycles. The van der Waals surface area contributed by atoms with Gasteiger partial charge in [-0.25, -0.2) is 4.98 Å². The van der Waals surface area contributed by atoms with E-state index in [2.05, 4.69) is 21.3 Å². The van der Waals surface area contributed by atoms with E-state index in [1.54, 1.807) is 0 Å². The number of nitrogens with one attached hydrogen (secondary N) is 1. The summed E-state index contributed by atoms with van der Waals surface area (Å²) in [5, 5.41) is 3.81. The maximum absolute atomic E-state index is 5.79. The fraction of sp³-hybridized carbons (Fsp3) is 0.643. The molecule has 4 heteroatoms. The lowest BCUT2D eigenvalue weighted by Gasteiger charge is -2.31. The van der Waals surface area contributed by atoms with Gasteiger partial charge in [0, 0.05) is 12.7 Å². The van der Waals surface area contributed by atoms with E-state index in [0.29, 0.717) is 5.15 Å². The van der Waals surface area contributed by atoms with Crippen molar-refractivity contribution < 1.29 is 0 Å². The van der Waals surface area contributed by atoms with Crippen LogP contribution in [0.25, 0.3) is 0 Å². The second kappa shape index (κ2) is 7.07. The van der Waals surface area contributed by atoms with Gasteiger partial charge in [-0.15, -0.1) is 0 Å². The zero-order valence-electron chi connectivity index (χ0n) is 11.0. The highest BCUT2D eigenvalue weighted by Gasteiger charge is 2.18. The molecule has 2 heterocycles. The van der Waals surface area contributed by atoms with Gasteiger partial charge in [0.1, 0.15) is 5.15 Å². The molecule has 0 amide bonds. The molecule has 1 N–H and O–H groups in total. The average molecular weight is 268 g/mol. The Morgan fingerprint density at radius 3 is 2.78 bits per heavy atom. The van der Waals surface area contributed by atoms with Crippen LogP contribution in [0.4, 0.5) is 0 Å². The highest BCUT2D eigenvalue weighted by molar-refractivity contribution is 6.29. The summed E-state index contributed by atoms with van der Waals surface area (Å²) in [6, 6.07) is 3.94. The van der Waals surface area contributed by atoms with Crippen LogP contribution < -0.4 is 5.32 Å². The number of piperidine rings is 1. The minimum atomic E-state index is 0.574. The number of nitrogens with zero attached hydrogens (tertiary/aromatic N) is 2. The van der Waals surface area contributed by atoms with Gasteiger partial charge in [-0.3, -0.25) is 4.90 Å². The van der Waals surface area contributed by atoms with Crippen molar-refractivity contribution in [3.8, 4) is 0 Å². The predicted octanol–water partition coefficient (Wildman–Crippen LogP) is 2.56. The molecule has 0 atom stereocenters. The van der Waals surface area contributed by atoms with Gasteiger partial charge < -0.3 is 5.32 Å². The first-order chi connectivity index (χ1) is 8.78. The molecule has 2 rings (SSSR count). The monoisotopic (exact) mass is 267 g/mol. The first kappa shape index (κ1) is 13.8. The Morgan fingerprint density at radius 1 is 1.39 bits per heavy atom. The van der Waals surface area contributed by atoms with Crippen LogP contribution in [-0.4, -0.2) is 36.6 Å². The van der Waals surface area contributed by atoms with Crippen molar-refractivity contribution in [2.24, 2.45) is 5.92 Å². The third-order valence-electron chi connectivity index (χ3n) is 3.70. The van der Waals surface area contributed by atoms with Gasteiger partial charge in [0.15, 0.2) is 0 Å². The van der Waals surface area contributed by atoms with Crippen LogP contribution in [0.1, 0.15) is 24.8 Å². The van der Waals surface area contributed by atoms with Crippen LogP contribution in [-0.2, 0) is 6.54 Å². The number of hydrogen-bond acceptors (Lipinski definition) is 3. The highest BCUT2D eigenvalue weighted by Crippen LogP contribution is 2.21. The molecule has 18 heavy (non-hydrogen) atoms. The molecule has 0 aromatic carbocycles. The standard InChI is InChI=1S/C14H22ClN3/c1-16-7-4-12-5-8-18(9-6-12)11-13-2-3-14(15)17-10-13/h2-3,10,12,16H,4-9,11H2,1H3. The summed E-state index contributed by atoms with van der Waals surface area (Å²) in [7, 11) is 2.03. The molecule has 100 valence electrons. The third-order valence-corrected chi connectivity index (χ3v) is 3.93. The van der Waals surface area contributed by atoms with Crippen molar-refractivity contribution in [3.63, 3.8) is 0 Å². The fourth-order valence-electron chi connectivity index (χ4n) is 2.54. The molecule has 0 bridgehead atoms. The third kappa shape index (κ3) is 4.23. The van der Waals surface area contributed by atoms with Gasteiger partial charge in [0.2, 0.25) is 0 Å². The van der Waals surface area contributed by atoms with Crippen LogP contribution in [0.2, 0.25) is 5.15 Å². The lowest BCUT2D eigenvalue weighted by molar-refractivity contribution is 0.172. The molecule has 1 aromatic heterocycles.